The number of nitrogens with one attached hydrogen (secondary N) is 1. The highest BCUT2D eigenvalue weighted by atomic mass is 15.3. The molecule has 2 aliphatic rings. The summed E-state index contributed by atoms with van der Waals surface area (Å²) in [5.74, 6) is 1.13. The Morgan fingerprint density at radius 1 is 1.50 bits per heavy atom. The van der Waals surface area contributed by atoms with E-state index in [-0.39, 0.29) is 0 Å². The highest BCUT2D eigenvalue weighted by Gasteiger charge is 2.30. The van der Waals surface area contributed by atoms with Gasteiger partial charge in [0.25, 0.3) is 0 Å². The molecule has 4 heteroatoms. The first kappa shape index (κ1) is 6.60. The SMILES string of the molecule is c1nnc2n1CC1CCCC2N1. The molecule has 2 atom stereocenters. The van der Waals surface area contributed by atoms with Gasteiger partial charge >= 0.3 is 0 Å². The molecule has 1 fully saturated rings. The average Bonchev–Trinajstić information content (AvgIpc) is 2.53. The monoisotopic (exact) mass is 164 g/mol. The third-order valence-electron chi connectivity index (χ3n) is 2.86. The minimum atomic E-state index is 0.472. The smallest absolute Gasteiger partial charge is 0.150 e. The molecule has 1 saturated heterocycles. The number of fused-ring (bicyclic) bond motifs is 4. The third-order valence-corrected chi connectivity index (χ3v) is 2.86. The van der Waals surface area contributed by atoms with Crippen molar-refractivity contribution in [2.75, 3.05) is 0 Å². The van der Waals surface area contributed by atoms with E-state index in [1.165, 1.54) is 19.3 Å². The Hall–Kier alpha value is -0.900. The van der Waals surface area contributed by atoms with Crippen molar-refractivity contribution in [3.63, 3.8) is 0 Å². The van der Waals surface area contributed by atoms with Gasteiger partial charge in [-0.2, -0.15) is 0 Å². The van der Waals surface area contributed by atoms with Gasteiger partial charge in [0.2, 0.25) is 0 Å². The quantitative estimate of drug-likeness (QED) is 0.606. The summed E-state index contributed by atoms with van der Waals surface area (Å²) in [5, 5.41) is 11.6. The van der Waals surface area contributed by atoms with Crippen molar-refractivity contribution in [1.82, 2.24) is 20.1 Å². The van der Waals surface area contributed by atoms with E-state index in [1.54, 1.807) is 0 Å². The molecule has 12 heavy (non-hydrogen) atoms. The standard InChI is InChI=1S/C8H12N4/c1-2-6-4-12-5-9-11-8(12)7(3-1)10-6/h5-7,10H,1-4H2. The largest absolute Gasteiger partial charge is 0.315 e. The van der Waals surface area contributed by atoms with Gasteiger partial charge < -0.3 is 9.88 Å². The lowest BCUT2D eigenvalue weighted by Crippen LogP contribution is -2.45. The van der Waals surface area contributed by atoms with Gasteiger partial charge in [-0.3, -0.25) is 0 Å². The van der Waals surface area contributed by atoms with Crippen LogP contribution in [0.2, 0.25) is 0 Å². The van der Waals surface area contributed by atoms with E-state index in [9.17, 15) is 0 Å². The molecule has 64 valence electrons. The molecule has 3 heterocycles. The van der Waals surface area contributed by atoms with E-state index in [2.05, 4.69) is 20.1 Å². The summed E-state index contributed by atoms with van der Waals surface area (Å²) < 4.78 is 2.19. The number of piperidine rings is 1. The van der Waals surface area contributed by atoms with Gasteiger partial charge in [0.05, 0.1) is 6.04 Å². The molecule has 2 unspecified atom stereocenters. The second kappa shape index (κ2) is 2.29. The van der Waals surface area contributed by atoms with Crippen LogP contribution in [-0.2, 0) is 6.54 Å². The van der Waals surface area contributed by atoms with Gasteiger partial charge in [-0.05, 0) is 19.3 Å². The van der Waals surface area contributed by atoms with Crippen LogP contribution in [0.3, 0.4) is 0 Å². The zero-order chi connectivity index (χ0) is 7.97. The highest BCUT2D eigenvalue weighted by molar-refractivity contribution is 5.03. The summed E-state index contributed by atoms with van der Waals surface area (Å²) >= 11 is 0. The molecule has 0 spiro atoms. The first-order chi connectivity index (χ1) is 5.93. The zero-order valence-corrected chi connectivity index (χ0v) is 6.90. The molecule has 2 aliphatic heterocycles. The molecule has 3 rings (SSSR count). The lowest BCUT2D eigenvalue weighted by molar-refractivity contribution is 0.248. The van der Waals surface area contributed by atoms with Crippen molar-refractivity contribution in [2.24, 2.45) is 0 Å². The molecule has 2 bridgehead atoms. The summed E-state index contributed by atoms with van der Waals surface area (Å²) in [5.41, 5.74) is 0. The number of hydrogen-bond donors (Lipinski definition) is 1. The first-order valence-corrected chi connectivity index (χ1v) is 4.57. The topological polar surface area (TPSA) is 42.7 Å². The van der Waals surface area contributed by atoms with Gasteiger partial charge in [-0.25, -0.2) is 0 Å². The fraction of sp³-hybridized carbons (Fsp3) is 0.750. The summed E-state index contributed by atoms with van der Waals surface area (Å²) in [7, 11) is 0. The van der Waals surface area contributed by atoms with E-state index >= 15 is 0 Å². The van der Waals surface area contributed by atoms with Gasteiger partial charge in [-0.1, -0.05) is 0 Å². The molecule has 0 aliphatic carbocycles. The molecular formula is C8H12N4. The van der Waals surface area contributed by atoms with E-state index < -0.39 is 0 Å². The Balaban J connectivity index is 2.04. The van der Waals surface area contributed by atoms with Crippen molar-refractivity contribution < 1.29 is 0 Å². The predicted octanol–water partition coefficient (Wildman–Crippen LogP) is 0.475. The van der Waals surface area contributed by atoms with Crippen molar-refractivity contribution in [3.05, 3.63) is 12.2 Å². The fourth-order valence-corrected chi connectivity index (χ4v) is 2.28. The van der Waals surface area contributed by atoms with Crippen LogP contribution in [-0.4, -0.2) is 20.8 Å². The van der Waals surface area contributed by atoms with Crippen LogP contribution in [0.1, 0.15) is 31.1 Å². The molecule has 4 nitrogen and oxygen atoms in total. The van der Waals surface area contributed by atoms with Gasteiger partial charge in [0, 0.05) is 12.6 Å². The van der Waals surface area contributed by atoms with Gasteiger partial charge in [-0.15, -0.1) is 10.2 Å². The van der Waals surface area contributed by atoms with Crippen LogP contribution in [0, 0.1) is 0 Å². The van der Waals surface area contributed by atoms with E-state index in [0.717, 1.165) is 12.4 Å². The number of aromatic nitrogens is 3. The molecule has 0 amide bonds. The normalized spacial score (nSPS) is 33.0. The molecular weight excluding hydrogens is 152 g/mol. The maximum Gasteiger partial charge on any atom is 0.150 e. The predicted molar refractivity (Wildman–Crippen MR) is 43.5 cm³/mol. The van der Waals surface area contributed by atoms with Crippen LogP contribution in [0.25, 0.3) is 0 Å². The summed E-state index contributed by atoms with van der Waals surface area (Å²) in [6.07, 6.45) is 5.69. The van der Waals surface area contributed by atoms with Crippen LogP contribution >= 0.6 is 0 Å². The third kappa shape index (κ3) is 0.813. The molecule has 1 aromatic heterocycles. The summed E-state index contributed by atoms with van der Waals surface area (Å²) in [4.78, 5) is 0. The second-order valence-corrected chi connectivity index (χ2v) is 3.69. The Morgan fingerprint density at radius 3 is 3.50 bits per heavy atom. The Kier molecular flexibility index (Phi) is 1.26. The number of rotatable bonds is 0. The molecule has 1 N–H and O–H groups in total. The molecule has 0 saturated carbocycles. The van der Waals surface area contributed by atoms with Crippen LogP contribution < -0.4 is 5.32 Å². The first-order valence-electron chi connectivity index (χ1n) is 4.57. The Morgan fingerprint density at radius 2 is 2.50 bits per heavy atom. The lowest BCUT2D eigenvalue weighted by atomic mass is 9.95. The van der Waals surface area contributed by atoms with Crippen molar-refractivity contribution in [3.8, 4) is 0 Å². The number of nitrogens with zero attached hydrogens (tertiary/aromatic N) is 3. The highest BCUT2D eigenvalue weighted by Crippen LogP contribution is 2.28. The lowest BCUT2D eigenvalue weighted by Gasteiger charge is -2.35. The van der Waals surface area contributed by atoms with Crippen LogP contribution in [0.4, 0.5) is 0 Å². The average molecular weight is 164 g/mol. The zero-order valence-electron chi connectivity index (χ0n) is 6.90. The maximum absolute atomic E-state index is 4.13. The Labute approximate surface area is 71.0 Å². The summed E-state index contributed by atoms with van der Waals surface area (Å²) in [6.45, 7) is 1.05. The van der Waals surface area contributed by atoms with Crippen LogP contribution in [0.5, 0.6) is 0 Å². The molecule has 0 radical (unpaired) electrons. The van der Waals surface area contributed by atoms with Crippen molar-refractivity contribution in [2.45, 2.75) is 37.9 Å². The van der Waals surface area contributed by atoms with E-state index in [1.807, 2.05) is 6.33 Å². The molecule has 0 aromatic carbocycles. The van der Waals surface area contributed by atoms with Crippen molar-refractivity contribution in [1.29, 1.82) is 0 Å². The van der Waals surface area contributed by atoms with Gasteiger partial charge in [0.1, 0.15) is 12.2 Å². The molecule has 1 aromatic rings. The van der Waals surface area contributed by atoms with Crippen molar-refractivity contribution >= 4 is 0 Å². The minimum absolute atomic E-state index is 0.472. The van der Waals surface area contributed by atoms with Crippen LogP contribution in [0.15, 0.2) is 6.33 Å². The van der Waals surface area contributed by atoms with E-state index in [4.69, 9.17) is 0 Å². The second-order valence-electron chi connectivity index (χ2n) is 3.69. The fourth-order valence-electron chi connectivity index (χ4n) is 2.28. The Bertz CT molecular complexity index is 293. The van der Waals surface area contributed by atoms with Gasteiger partial charge in [0.15, 0.2) is 0 Å². The minimum Gasteiger partial charge on any atom is -0.315 e. The maximum atomic E-state index is 4.13. The van der Waals surface area contributed by atoms with E-state index in [0.29, 0.717) is 12.1 Å². The number of hydrogen-bond acceptors (Lipinski definition) is 3. The summed E-state index contributed by atoms with van der Waals surface area (Å²) in [6, 6.07) is 1.13.